The van der Waals surface area contributed by atoms with E-state index in [1.165, 1.54) is 42.4 Å². The van der Waals surface area contributed by atoms with Crippen LogP contribution in [0.1, 0.15) is 21.6 Å². The molecule has 0 saturated carbocycles. The molecule has 3 rings (SSSR count). The van der Waals surface area contributed by atoms with Crippen molar-refractivity contribution in [1.82, 2.24) is 9.97 Å². The molecule has 0 aliphatic heterocycles. The van der Waals surface area contributed by atoms with Crippen molar-refractivity contribution < 1.29 is 13.2 Å². The number of hydrogen-bond donors (Lipinski definition) is 1. The van der Waals surface area contributed by atoms with Crippen LogP contribution in [-0.2, 0) is 10.0 Å². The number of halogens is 2. The van der Waals surface area contributed by atoms with Gasteiger partial charge in [0.25, 0.3) is 15.9 Å². The summed E-state index contributed by atoms with van der Waals surface area (Å²) in [5, 5.41) is 0.620. The molecule has 10 heteroatoms. The standard InChI is InChI=1S/C20H18Cl2N4O3S/c1-12-6-7-23-18(8-12)26(3)20(27)19-17(10-14(21)11-24-19)25-30(28,29)15-4-5-16(22)13(2)9-15/h4-11,25H,1-3H3. The summed E-state index contributed by atoms with van der Waals surface area (Å²) in [5.74, 6) is -0.145. The van der Waals surface area contributed by atoms with Gasteiger partial charge in [0.1, 0.15) is 5.82 Å². The van der Waals surface area contributed by atoms with Crippen molar-refractivity contribution in [2.45, 2.75) is 18.7 Å². The van der Waals surface area contributed by atoms with Gasteiger partial charge in [-0.15, -0.1) is 0 Å². The molecule has 1 N–H and O–H groups in total. The highest BCUT2D eigenvalue weighted by atomic mass is 35.5. The van der Waals surface area contributed by atoms with Crippen molar-refractivity contribution in [3.8, 4) is 0 Å². The molecule has 2 heterocycles. The van der Waals surface area contributed by atoms with Crippen molar-refractivity contribution in [2.24, 2.45) is 0 Å². The summed E-state index contributed by atoms with van der Waals surface area (Å²) in [6.07, 6.45) is 2.85. The first-order valence-electron chi connectivity index (χ1n) is 8.74. The number of nitrogens with zero attached hydrogens (tertiary/aromatic N) is 3. The maximum Gasteiger partial charge on any atom is 0.279 e. The van der Waals surface area contributed by atoms with E-state index in [1.807, 2.05) is 6.92 Å². The quantitative estimate of drug-likeness (QED) is 0.600. The van der Waals surface area contributed by atoms with Gasteiger partial charge in [-0.1, -0.05) is 23.2 Å². The van der Waals surface area contributed by atoms with E-state index < -0.39 is 15.9 Å². The fourth-order valence-corrected chi connectivity index (χ4v) is 4.06. The smallest absolute Gasteiger partial charge is 0.279 e. The van der Waals surface area contributed by atoms with Gasteiger partial charge in [0.05, 0.1) is 15.6 Å². The number of carbonyl (C=O) groups excluding carboxylic acids is 1. The van der Waals surface area contributed by atoms with Crippen LogP contribution in [0.5, 0.6) is 0 Å². The minimum Gasteiger partial charge on any atom is -0.294 e. The molecule has 0 spiro atoms. The van der Waals surface area contributed by atoms with Gasteiger partial charge in [-0.2, -0.15) is 0 Å². The van der Waals surface area contributed by atoms with Gasteiger partial charge in [-0.25, -0.2) is 18.4 Å². The lowest BCUT2D eigenvalue weighted by atomic mass is 10.2. The van der Waals surface area contributed by atoms with Crippen LogP contribution in [0.25, 0.3) is 0 Å². The van der Waals surface area contributed by atoms with Gasteiger partial charge in [-0.05, 0) is 61.4 Å². The van der Waals surface area contributed by atoms with E-state index in [4.69, 9.17) is 23.2 Å². The minimum atomic E-state index is -4.02. The molecule has 0 radical (unpaired) electrons. The summed E-state index contributed by atoms with van der Waals surface area (Å²) < 4.78 is 28.2. The Morgan fingerprint density at radius 3 is 2.47 bits per heavy atom. The largest absolute Gasteiger partial charge is 0.294 e. The zero-order valence-electron chi connectivity index (χ0n) is 16.3. The van der Waals surface area contributed by atoms with Crippen LogP contribution in [0.4, 0.5) is 11.5 Å². The van der Waals surface area contributed by atoms with Crippen LogP contribution < -0.4 is 9.62 Å². The molecule has 0 fully saturated rings. The van der Waals surface area contributed by atoms with Crippen molar-refractivity contribution >= 4 is 50.6 Å². The van der Waals surface area contributed by atoms with E-state index in [0.29, 0.717) is 16.4 Å². The number of hydrogen-bond acceptors (Lipinski definition) is 5. The molecule has 1 amide bonds. The average Bonchev–Trinajstić information content (AvgIpc) is 2.68. The van der Waals surface area contributed by atoms with E-state index in [-0.39, 0.29) is 21.3 Å². The number of anilines is 2. The molecule has 2 aromatic heterocycles. The van der Waals surface area contributed by atoms with Crippen molar-refractivity contribution in [3.05, 3.63) is 75.7 Å². The zero-order valence-corrected chi connectivity index (χ0v) is 18.7. The number of aromatic nitrogens is 2. The number of amides is 1. The Balaban J connectivity index is 1.99. The number of carbonyl (C=O) groups is 1. The van der Waals surface area contributed by atoms with Gasteiger partial charge in [0, 0.05) is 24.5 Å². The summed E-state index contributed by atoms with van der Waals surface area (Å²) in [6.45, 7) is 3.57. The van der Waals surface area contributed by atoms with Crippen LogP contribution in [0.2, 0.25) is 10.0 Å². The van der Waals surface area contributed by atoms with E-state index in [0.717, 1.165) is 5.56 Å². The van der Waals surface area contributed by atoms with Crippen LogP contribution in [0, 0.1) is 13.8 Å². The highest BCUT2D eigenvalue weighted by molar-refractivity contribution is 7.92. The lowest BCUT2D eigenvalue weighted by Crippen LogP contribution is -2.29. The first kappa shape index (κ1) is 22.0. The first-order chi connectivity index (χ1) is 14.1. The summed E-state index contributed by atoms with van der Waals surface area (Å²) in [4.78, 5) is 22.6. The van der Waals surface area contributed by atoms with Gasteiger partial charge in [0.2, 0.25) is 0 Å². The minimum absolute atomic E-state index is 0.00326. The Labute approximate surface area is 184 Å². The van der Waals surface area contributed by atoms with Gasteiger partial charge < -0.3 is 0 Å². The number of sulfonamides is 1. The number of rotatable bonds is 5. The number of nitrogens with one attached hydrogen (secondary N) is 1. The Kier molecular flexibility index (Phi) is 6.30. The number of benzene rings is 1. The molecule has 30 heavy (non-hydrogen) atoms. The molecule has 0 unspecified atom stereocenters. The molecule has 1 aromatic carbocycles. The van der Waals surface area contributed by atoms with Crippen molar-refractivity contribution in [3.63, 3.8) is 0 Å². The summed E-state index contributed by atoms with van der Waals surface area (Å²) >= 11 is 12.0. The first-order valence-corrected chi connectivity index (χ1v) is 11.0. The fraction of sp³-hybridized carbons (Fsp3) is 0.150. The Bertz CT molecular complexity index is 1230. The highest BCUT2D eigenvalue weighted by Crippen LogP contribution is 2.26. The lowest BCUT2D eigenvalue weighted by molar-refractivity contribution is 0.0988. The summed E-state index contributed by atoms with van der Waals surface area (Å²) in [5.41, 5.74) is 1.37. The van der Waals surface area contributed by atoms with Crippen LogP contribution in [0.3, 0.4) is 0 Å². The Morgan fingerprint density at radius 2 is 1.80 bits per heavy atom. The lowest BCUT2D eigenvalue weighted by Gasteiger charge is -2.18. The molecule has 156 valence electrons. The maximum atomic E-state index is 13.0. The third-order valence-corrected chi connectivity index (χ3v) is 6.28. The summed E-state index contributed by atoms with van der Waals surface area (Å²) in [7, 11) is -2.49. The van der Waals surface area contributed by atoms with E-state index in [1.54, 1.807) is 25.3 Å². The molecule has 7 nitrogen and oxygen atoms in total. The number of pyridine rings is 2. The van der Waals surface area contributed by atoms with E-state index in [2.05, 4.69) is 14.7 Å². The van der Waals surface area contributed by atoms with Crippen LogP contribution in [0.15, 0.2) is 53.7 Å². The Morgan fingerprint density at radius 1 is 1.07 bits per heavy atom. The molecule has 0 bridgehead atoms. The summed E-state index contributed by atoms with van der Waals surface area (Å²) in [6, 6.07) is 9.17. The fourth-order valence-electron chi connectivity index (χ4n) is 2.64. The maximum absolute atomic E-state index is 13.0. The highest BCUT2D eigenvalue weighted by Gasteiger charge is 2.24. The topological polar surface area (TPSA) is 92.3 Å². The van der Waals surface area contributed by atoms with Gasteiger partial charge in [0.15, 0.2) is 5.69 Å². The molecular weight excluding hydrogens is 447 g/mol. The Hall–Kier alpha value is -2.68. The van der Waals surface area contributed by atoms with Crippen molar-refractivity contribution in [1.29, 1.82) is 0 Å². The van der Waals surface area contributed by atoms with Gasteiger partial charge >= 0.3 is 0 Å². The number of aryl methyl sites for hydroxylation is 2. The predicted octanol–water partition coefficient (Wildman–Crippen LogP) is 4.48. The third kappa shape index (κ3) is 4.72. The van der Waals surface area contributed by atoms with Crippen molar-refractivity contribution in [2.75, 3.05) is 16.7 Å². The monoisotopic (exact) mass is 464 g/mol. The second-order valence-corrected chi connectivity index (χ2v) is 9.15. The molecule has 0 aliphatic carbocycles. The van der Waals surface area contributed by atoms with E-state index >= 15 is 0 Å². The molecular formula is C20H18Cl2N4O3S. The molecule has 3 aromatic rings. The van der Waals surface area contributed by atoms with Crippen LogP contribution in [-0.4, -0.2) is 31.3 Å². The third-order valence-electron chi connectivity index (χ3n) is 4.29. The molecule has 0 atom stereocenters. The molecule has 0 saturated heterocycles. The predicted molar refractivity (Wildman–Crippen MR) is 118 cm³/mol. The zero-order chi connectivity index (χ0) is 22.1. The second kappa shape index (κ2) is 8.59. The van der Waals surface area contributed by atoms with Gasteiger partial charge in [-0.3, -0.25) is 14.4 Å². The SMILES string of the molecule is Cc1ccnc(N(C)C(=O)c2ncc(Cl)cc2NS(=O)(=O)c2ccc(Cl)c(C)c2)c1. The normalized spacial score (nSPS) is 11.2. The second-order valence-electron chi connectivity index (χ2n) is 6.62. The molecule has 0 aliphatic rings. The average molecular weight is 465 g/mol. The van der Waals surface area contributed by atoms with Crippen LogP contribution >= 0.6 is 23.2 Å². The van der Waals surface area contributed by atoms with E-state index in [9.17, 15) is 13.2 Å².